The Bertz CT molecular complexity index is 517. The lowest BCUT2D eigenvalue weighted by Crippen LogP contribution is -2.50. The number of aromatic nitrogens is 1. The van der Waals surface area contributed by atoms with Crippen LogP contribution in [0.25, 0.3) is 0 Å². The van der Waals surface area contributed by atoms with Crippen molar-refractivity contribution >= 4 is 17.3 Å². The molecule has 0 spiro atoms. The van der Waals surface area contributed by atoms with Gasteiger partial charge in [0.1, 0.15) is 0 Å². The predicted molar refractivity (Wildman–Crippen MR) is 101 cm³/mol. The van der Waals surface area contributed by atoms with Crippen molar-refractivity contribution in [2.24, 2.45) is 10.9 Å². The van der Waals surface area contributed by atoms with E-state index in [1.165, 1.54) is 4.88 Å². The van der Waals surface area contributed by atoms with E-state index in [9.17, 15) is 0 Å². The molecule has 7 heteroatoms. The molecule has 1 fully saturated rings. The van der Waals surface area contributed by atoms with Crippen LogP contribution in [0, 0.1) is 12.8 Å². The van der Waals surface area contributed by atoms with Crippen molar-refractivity contribution in [1.82, 2.24) is 20.5 Å². The third-order valence-corrected chi connectivity index (χ3v) is 4.84. The Morgan fingerprint density at radius 3 is 3.00 bits per heavy atom. The number of morpholine rings is 1. The second-order valence-electron chi connectivity index (χ2n) is 6.64. The Kier molecular flexibility index (Phi) is 7.94. The SMILES string of the molecule is CN=C(NCCc1ncc(C)s1)NCC1CN(CC(C)C)CCO1. The number of aliphatic imine (C=N–C) groups is 1. The molecule has 136 valence electrons. The zero-order valence-electron chi connectivity index (χ0n) is 15.3. The molecule has 24 heavy (non-hydrogen) atoms. The van der Waals surface area contributed by atoms with E-state index in [2.05, 4.69) is 46.3 Å². The molecule has 1 aromatic rings. The number of rotatable bonds is 7. The molecule has 1 unspecified atom stereocenters. The number of hydrogen-bond acceptors (Lipinski definition) is 5. The monoisotopic (exact) mass is 353 g/mol. The zero-order valence-corrected chi connectivity index (χ0v) is 16.2. The van der Waals surface area contributed by atoms with Gasteiger partial charge in [-0.1, -0.05) is 13.8 Å². The molecule has 6 nitrogen and oxygen atoms in total. The summed E-state index contributed by atoms with van der Waals surface area (Å²) < 4.78 is 5.87. The maximum absolute atomic E-state index is 5.87. The van der Waals surface area contributed by atoms with E-state index in [1.807, 2.05) is 6.20 Å². The van der Waals surface area contributed by atoms with Crippen LogP contribution in [-0.2, 0) is 11.2 Å². The normalized spacial score (nSPS) is 19.7. The Hall–Kier alpha value is -1.18. The number of nitrogens with zero attached hydrogens (tertiary/aromatic N) is 3. The largest absolute Gasteiger partial charge is 0.374 e. The summed E-state index contributed by atoms with van der Waals surface area (Å²) in [5.41, 5.74) is 0. The molecule has 1 aliphatic heterocycles. The smallest absolute Gasteiger partial charge is 0.191 e. The first-order valence-corrected chi connectivity index (χ1v) is 9.58. The standard InChI is InChI=1S/C17H31N5OS/c1-13(2)11-22-7-8-23-15(12-22)10-21-17(18-4)19-6-5-16-20-9-14(3)24-16/h9,13,15H,5-8,10-12H2,1-4H3,(H2,18,19,21). The Morgan fingerprint density at radius 1 is 1.50 bits per heavy atom. The topological polar surface area (TPSA) is 61.8 Å². The highest BCUT2D eigenvalue weighted by Crippen LogP contribution is 2.11. The van der Waals surface area contributed by atoms with Crippen molar-refractivity contribution < 1.29 is 4.74 Å². The molecule has 2 heterocycles. The molecule has 2 rings (SSSR count). The quantitative estimate of drug-likeness (QED) is 0.575. The summed E-state index contributed by atoms with van der Waals surface area (Å²) in [4.78, 5) is 12.4. The average Bonchev–Trinajstić information content (AvgIpc) is 2.96. The van der Waals surface area contributed by atoms with Crippen LogP contribution in [0.15, 0.2) is 11.2 Å². The molecular formula is C17H31N5OS. The molecule has 0 bridgehead atoms. The summed E-state index contributed by atoms with van der Waals surface area (Å²) in [6.45, 7) is 12.2. The van der Waals surface area contributed by atoms with E-state index in [-0.39, 0.29) is 6.10 Å². The van der Waals surface area contributed by atoms with E-state index in [4.69, 9.17) is 4.74 Å². The molecule has 0 radical (unpaired) electrons. The summed E-state index contributed by atoms with van der Waals surface area (Å²) in [7, 11) is 1.80. The van der Waals surface area contributed by atoms with Gasteiger partial charge in [0, 0.05) is 57.3 Å². The predicted octanol–water partition coefficient (Wildman–Crippen LogP) is 1.52. The molecule has 2 N–H and O–H groups in total. The van der Waals surface area contributed by atoms with E-state index < -0.39 is 0 Å². The van der Waals surface area contributed by atoms with Gasteiger partial charge in [-0.25, -0.2) is 4.98 Å². The Morgan fingerprint density at radius 2 is 2.33 bits per heavy atom. The lowest BCUT2D eigenvalue weighted by molar-refractivity contribution is -0.0284. The van der Waals surface area contributed by atoms with Crippen molar-refractivity contribution in [1.29, 1.82) is 0 Å². The van der Waals surface area contributed by atoms with E-state index in [1.54, 1.807) is 18.4 Å². The van der Waals surface area contributed by atoms with Crippen molar-refractivity contribution in [3.05, 3.63) is 16.1 Å². The average molecular weight is 354 g/mol. The fourth-order valence-electron chi connectivity index (χ4n) is 2.82. The second-order valence-corrected chi connectivity index (χ2v) is 7.96. The molecule has 1 saturated heterocycles. The summed E-state index contributed by atoms with van der Waals surface area (Å²) >= 11 is 1.75. The van der Waals surface area contributed by atoms with Crippen LogP contribution < -0.4 is 10.6 Å². The fraction of sp³-hybridized carbons (Fsp3) is 0.765. The molecule has 1 aromatic heterocycles. The molecular weight excluding hydrogens is 322 g/mol. The zero-order chi connectivity index (χ0) is 17.4. The van der Waals surface area contributed by atoms with Crippen LogP contribution >= 0.6 is 11.3 Å². The van der Waals surface area contributed by atoms with Crippen LogP contribution in [0.2, 0.25) is 0 Å². The molecule has 0 saturated carbocycles. The van der Waals surface area contributed by atoms with Crippen LogP contribution in [0.3, 0.4) is 0 Å². The summed E-state index contributed by atoms with van der Waals surface area (Å²) in [6, 6.07) is 0. The van der Waals surface area contributed by atoms with Crippen molar-refractivity contribution in [3.63, 3.8) is 0 Å². The van der Waals surface area contributed by atoms with Gasteiger partial charge >= 0.3 is 0 Å². The number of guanidine groups is 1. The van der Waals surface area contributed by atoms with Crippen molar-refractivity contribution in [2.45, 2.75) is 33.3 Å². The van der Waals surface area contributed by atoms with Gasteiger partial charge in [0.25, 0.3) is 0 Å². The number of nitrogens with one attached hydrogen (secondary N) is 2. The summed E-state index contributed by atoms with van der Waals surface area (Å²) in [5.74, 6) is 1.52. The first-order valence-electron chi connectivity index (χ1n) is 8.76. The fourth-order valence-corrected chi connectivity index (χ4v) is 3.61. The summed E-state index contributed by atoms with van der Waals surface area (Å²) in [5, 5.41) is 7.88. The second kappa shape index (κ2) is 9.96. The van der Waals surface area contributed by atoms with Gasteiger partial charge in [-0.3, -0.25) is 9.89 Å². The van der Waals surface area contributed by atoms with E-state index in [0.717, 1.165) is 56.7 Å². The number of ether oxygens (including phenoxy) is 1. The number of thiazole rings is 1. The van der Waals surface area contributed by atoms with Gasteiger partial charge in [-0.15, -0.1) is 11.3 Å². The minimum absolute atomic E-state index is 0.220. The minimum atomic E-state index is 0.220. The van der Waals surface area contributed by atoms with E-state index >= 15 is 0 Å². The van der Waals surface area contributed by atoms with Gasteiger partial charge in [-0.05, 0) is 12.8 Å². The van der Waals surface area contributed by atoms with E-state index in [0.29, 0.717) is 5.92 Å². The van der Waals surface area contributed by atoms with Crippen LogP contribution in [0.1, 0.15) is 23.7 Å². The van der Waals surface area contributed by atoms with Gasteiger partial charge < -0.3 is 15.4 Å². The first-order chi connectivity index (χ1) is 11.6. The Labute approximate surface area is 149 Å². The van der Waals surface area contributed by atoms with Crippen molar-refractivity contribution in [2.75, 3.05) is 46.4 Å². The molecule has 0 aromatic carbocycles. The Balaban J connectivity index is 1.67. The molecule has 1 aliphatic rings. The molecule has 0 amide bonds. The lowest BCUT2D eigenvalue weighted by Gasteiger charge is -2.34. The highest BCUT2D eigenvalue weighted by Gasteiger charge is 2.21. The van der Waals surface area contributed by atoms with Gasteiger partial charge in [0.15, 0.2) is 5.96 Å². The molecule has 0 aliphatic carbocycles. The molecule has 1 atom stereocenters. The third-order valence-electron chi connectivity index (χ3n) is 3.87. The summed E-state index contributed by atoms with van der Waals surface area (Å²) in [6.07, 6.45) is 3.06. The van der Waals surface area contributed by atoms with Gasteiger partial charge in [0.2, 0.25) is 0 Å². The van der Waals surface area contributed by atoms with Crippen LogP contribution in [-0.4, -0.2) is 68.3 Å². The number of hydrogen-bond donors (Lipinski definition) is 2. The van der Waals surface area contributed by atoms with Crippen LogP contribution in [0.5, 0.6) is 0 Å². The minimum Gasteiger partial charge on any atom is -0.374 e. The maximum Gasteiger partial charge on any atom is 0.191 e. The third kappa shape index (κ3) is 6.75. The van der Waals surface area contributed by atoms with Gasteiger partial charge in [0.05, 0.1) is 17.7 Å². The lowest BCUT2D eigenvalue weighted by atomic mass is 10.2. The highest BCUT2D eigenvalue weighted by atomic mass is 32.1. The first kappa shape index (κ1) is 19.1. The highest BCUT2D eigenvalue weighted by molar-refractivity contribution is 7.11. The number of aryl methyl sites for hydroxylation is 1. The maximum atomic E-state index is 5.87. The van der Waals surface area contributed by atoms with Crippen molar-refractivity contribution in [3.8, 4) is 0 Å². The van der Waals surface area contributed by atoms with Gasteiger partial charge in [-0.2, -0.15) is 0 Å². The van der Waals surface area contributed by atoms with Crippen LogP contribution in [0.4, 0.5) is 0 Å².